The maximum Gasteiger partial charge on any atom is 0.303 e. The van der Waals surface area contributed by atoms with Gasteiger partial charge < -0.3 is 121 Å². The van der Waals surface area contributed by atoms with Crippen LogP contribution in [0.4, 0.5) is 0 Å². The summed E-state index contributed by atoms with van der Waals surface area (Å²) in [6.07, 6.45) is -1.65. The van der Waals surface area contributed by atoms with Crippen molar-refractivity contribution >= 4 is 146 Å². The number of halogens is 1. The smallest absolute Gasteiger partial charge is 0.303 e. The van der Waals surface area contributed by atoms with Crippen molar-refractivity contribution in [3.63, 3.8) is 0 Å². The fraction of sp³-hybridized carbons (Fsp3) is 0.456. The molecule has 710 valence electrons. The molecule has 13 atom stereocenters. The number of carboxylic acids is 1. The Morgan fingerprint density at radius 1 is 0.470 bits per heavy atom. The Hall–Kier alpha value is -13.3. The number of aromatic amines is 1. The van der Waals surface area contributed by atoms with Crippen LogP contribution in [0, 0.1) is 17.2 Å². The highest BCUT2D eigenvalue weighted by Crippen LogP contribution is 2.27. The molecule has 132 heavy (non-hydrogen) atoms. The molecule has 15 amide bonds. The summed E-state index contributed by atoms with van der Waals surface area (Å²) in [6.45, 7) is 5.94. The molecule has 40 nitrogen and oxygen atoms in total. The van der Waals surface area contributed by atoms with Crippen molar-refractivity contribution in [1.29, 1.82) is 5.41 Å². The van der Waals surface area contributed by atoms with Crippen LogP contribution in [0.5, 0.6) is 23.0 Å². The van der Waals surface area contributed by atoms with Crippen molar-refractivity contribution in [3.05, 3.63) is 155 Å². The fourth-order valence-electron chi connectivity index (χ4n) is 15.7. The number of nitrogens with two attached hydrogens (primary N) is 2. The Morgan fingerprint density at radius 2 is 0.864 bits per heavy atom. The van der Waals surface area contributed by atoms with E-state index in [-0.39, 0.29) is 149 Å². The van der Waals surface area contributed by atoms with Gasteiger partial charge in [0.05, 0.1) is 22.8 Å². The minimum Gasteiger partial charge on any atom is -0.508 e. The van der Waals surface area contributed by atoms with Gasteiger partial charge in [-0.05, 0) is 152 Å². The lowest BCUT2D eigenvalue weighted by Gasteiger charge is -2.32. The minimum absolute atomic E-state index is 0.00188. The summed E-state index contributed by atoms with van der Waals surface area (Å²) < 4.78 is -0.808. The largest absolute Gasteiger partial charge is 0.508 e. The number of phenols is 4. The second-order valence-corrected chi connectivity index (χ2v) is 36.2. The Kier molecular flexibility index (Phi) is 38.5. The average Bonchev–Trinajstić information content (AvgIpc) is 1.69. The van der Waals surface area contributed by atoms with E-state index in [9.17, 15) is 83.1 Å². The minimum atomic E-state index is -1.87. The number of carboxylic acid groups (broad SMARTS) is 1. The number of aromatic nitrogens is 1. The molecule has 0 spiro atoms. The third kappa shape index (κ3) is 31.8. The third-order valence-corrected chi connectivity index (χ3v) is 24.7. The van der Waals surface area contributed by atoms with Crippen molar-refractivity contribution in [1.82, 2.24) is 83.9 Å². The molecule has 0 radical (unpaired) electrons. The maximum absolute atomic E-state index is 15.4. The molecule has 3 saturated heterocycles. The molecule has 0 saturated carbocycles. The van der Waals surface area contributed by atoms with Crippen LogP contribution in [-0.4, -0.2) is 255 Å². The van der Waals surface area contributed by atoms with Gasteiger partial charge in [0.1, 0.15) is 95.5 Å². The van der Waals surface area contributed by atoms with Crippen molar-refractivity contribution in [2.45, 2.75) is 207 Å². The summed E-state index contributed by atoms with van der Waals surface area (Å²) in [7, 11) is 0. The number of phenolic OH excluding ortho intramolecular Hbond substituents is 4. The van der Waals surface area contributed by atoms with Crippen LogP contribution in [-0.2, 0) is 109 Å². The summed E-state index contributed by atoms with van der Waals surface area (Å²) in [5.41, 5.74) is 14.2. The van der Waals surface area contributed by atoms with Crippen LogP contribution in [0.2, 0.25) is 0 Å². The molecule has 6 aromatic rings. The standard InChI is InChI=1S/C90H116IN19O21S/c1-48(2)36-63-78(120)97-45-75(116)98-68(42-54-44-96-60-11-6-5-10-59(54)60)83(125)103-67(40-52-19-27-57(113)28-20-52)85(127)108-73(91)46-132-47-76(117)99-65(38-50-15-23-55(111)24-16-50)81(123)104-69(43-74(92)115)84(126)107-70(41-53-21-29-58(114)30-22-53)89(131)110-35-9-14-72(110)87(129)106-66(39-51-17-25-56(112)26-18-51)82(124)101-62(12-7-33-95-90(93)94)88(130)109-34-8-13-71(109)86(128)105-64(37-49(3)4)80(122)100-61(79(121)102-63)31-32-77(118)119/h5-6,10-11,15-30,44,48-49,61-73,96,111-114H,7-9,12-14,31-43,45-47H2,1-4H3,(H2,92,115)(H,97,120)(H,98,116)(H,99,117)(H,100,122)(H,101,124)(H,102,121)(H,103,125)(H,104,123)(H,105,128)(H,106,129)(H,107,126)(H,108,127)(H,118,119)(H4,93,94,95)/t61-,62-,63-,64-,65+,66-,67-,68-,69-,70-,71-,72-,73-/m0/s1. The van der Waals surface area contributed by atoms with Crippen LogP contribution < -0.4 is 80.6 Å². The van der Waals surface area contributed by atoms with E-state index in [1.54, 1.807) is 58.2 Å². The van der Waals surface area contributed by atoms with Crippen LogP contribution in [0.1, 0.15) is 126 Å². The Balaban J connectivity index is 1.07. The number of alkyl halides is 1. The molecule has 0 unspecified atom stereocenters. The number of nitrogens with zero attached hydrogens (tertiary/aromatic N) is 2. The number of thioether (sulfide) groups is 1. The molecule has 1 aromatic heterocycles. The van der Waals surface area contributed by atoms with Crippen molar-refractivity contribution in [2.75, 3.05) is 37.7 Å². The number of hydrogen-bond donors (Lipinski definition) is 22. The van der Waals surface area contributed by atoms with Gasteiger partial charge in [0.2, 0.25) is 88.6 Å². The van der Waals surface area contributed by atoms with Gasteiger partial charge in [-0.3, -0.25) is 82.1 Å². The summed E-state index contributed by atoms with van der Waals surface area (Å²) in [6, 6.07) is 11.3. The van der Waals surface area contributed by atoms with E-state index in [1.807, 2.05) is 22.6 Å². The lowest BCUT2D eigenvalue weighted by molar-refractivity contribution is -0.143. The number of guanidine groups is 1. The van der Waals surface area contributed by atoms with Gasteiger partial charge in [-0.25, -0.2) is 0 Å². The van der Waals surface area contributed by atoms with Crippen molar-refractivity contribution in [2.24, 2.45) is 23.3 Å². The number of fused-ring (bicyclic) bond motifs is 3. The number of primary amides is 1. The molecule has 0 bridgehead atoms. The zero-order valence-electron chi connectivity index (χ0n) is 73.4. The quantitative estimate of drug-likeness (QED) is 0.0102. The van der Waals surface area contributed by atoms with E-state index in [4.69, 9.17) is 16.9 Å². The summed E-state index contributed by atoms with van der Waals surface area (Å²) >= 11 is 2.90. The molecule has 3 aliphatic rings. The normalized spacial score (nSPS) is 23.6. The summed E-state index contributed by atoms with van der Waals surface area (Å²) in [5, 5.41) is 94.4. The van der Waals surface area contributed by atoms with E-state index in [0.29, 0.717) is 38.7 Å². The van der Waals surface area contributed by atoms with Crippen LogP contribution >= 0.6 is 34.4 Å². The SMILES string of the molecule is CC(C)C[C@@H]1NC(=O)[C@H](CCC(=O)O)NC(=O)[C@H](CC(C)C)NC(=O)[C@@H]2CCCN2C(=O)[C@H](CCCNC(=N)N)NC(=O)[C@H](Cc2ccc(O)cc2)NC(=O)[C@@H]2CCCN2C(=O)[C@H](Cc2ccc(O)cc2)NC(=O)[C@H](CC(N)=O)NC(=O)[C@@H](Cc2ccc(O)cc2)NC(=O)CSC[C@@H](I)NC(=O)[C@H](Cc2ccc(O)cc2)NC(=O)[C@H](Cc2c[nH]c3ccccc23)NC(=O)CNC1=O. The van der Waals surface area contributed by atoms with Gasteiger partial charge in [0.25, 0.3) is 0 Å². The van der Waals surface area contributed by atoms with E-state index in [2.05, 4.69) is 74.1 Å². The average molecular weight is 1960 g/mol. The van der Waals surface area contributed by atoms with Gasteiger partial charge in [-0.1, -0.05) is 117 Å². The van der Waals surface area contributed by atoms with Gasteiger partial charge in [0, 0.05) is 81.0 Å². The first-order valence-corrected chi connectivity index (χ1v) is 45.9. The third-order valence-electron chi connectivity index (χ3n) is 22.3. The van der Waals surface area contributed by atoms with E-state index in [1.165, 1.54) is 107 Å². The molecule has 42 heteroatoms. The number of H-pyrrole nitrogens is 1. The molecule has 5 aromatic carbocycles. The monoisotopic (exact) mass is 1960 g/mol. The molecule has 0 aliphatic carbocycles. The fourth-order valence-corrected chi connectivity index (χ4v) is 17.4. The molecule has 24 N–H and O–H groups in total. The van der Waals surface area contributed by atoms with Crippen LogP contribution in [0.3, 0.4) is 0 Å². The molecule has 3 fully saturated rings. The molecule has 3 aliphatic heterocycles. The predicted molar refractivity (Wildman–Crippen MR) is 493 cm³/mol. The van der Waals surface area contributed by atoms with Crippen molar-refractivity contribution < 1.29 is 102 Å². The number of aliphatic carboxylic acids is 1. The number of para-hydroxylation sites is 1. The van der Waals surface area contributed by atoms with Gasteiger partial charge in [-0.15, -0.1) is 11.8 Å². The van der Waals surface area contributed by atoms with Gasteiger partial charge >= 0.3 is 5.97 Å². The second kappa shape index (κ2) is 49.6. The van der Waals surface area contributed by atoms with E-state index < -0.39 is 203 Å². The second-order valence-electron chi connectivity index (χ2n) is 33.7. The zero-order chi connectivity index (χ0) is 96.0. The Labute approximate surface area is 779 Å². The number of rotatable bonds is 23. The van der Waals surface area contributed by atoms with Gasteiger partial charge in [-0.2, -0.15) is 0 Å². The first kappa shape index (κ1) is 102. The summed E-state index contributed by atoms with van der Waals surface area (Å²) in [4.78, 5) is 239. The molecule has 9 rings (SSSR count). The highest BCUT2D eigenvalue weighted by atomic mass is 127. The first-order valence-electron chi connectivity index (χ1n) is 43.5. The van der Waals surface area contributed by atoms with Gasteiger partial charge in [0.15, 0.2) is 5.96 Å². The lowest BCUT2D eigenvalue weighted by atomic mass is 10.00. The number of benzene rings is 5. The number of hydrogen-bond acceptors (Lipinski definition) is 22. The Bertz CT molecular complexity index is 5110. The highest BCUT2D eigenvalue weighted by molar-refractivity contribution is 14.1. The van der Waals surface area contributed by atoms with E-state index >= 15 is 19.2 Å². The van der Waals surface area contributed by atoms with Crippen LogP contribution in [0.15, 0.2) is 128 Å². The summed E-state index contributed by atoms with van der Waals surface area (Å²) in [5.74, 6) is -17.3. The van der Waals surface area contributed by atoms with Crippen molar-refractivity contribution in [3.8, 4) is 23.0 Å². The topological polar surface area (TPSA) is 629 Å². The number of carbonyl (C=O) groups is 16. The van der Waals surface area contributed by atoms with E-state index in [0.717, 1.165) is 11.8 Å². The molecular weight excluding hydrogens is 1840 g/mol. The first-order chi connectivity index (χ1) is 62.8. The Morgan fingerprint density at radius 3 is 1.36 bits per heavy atom. The molecular formula is C90H116IN19O21S. The number of nitrogens with one attached hydrogen (secondary N) is 15. The zero-order valence-corrected chi connectivity index (χ0v) is 76.4. The highest BCUT2D eigenvalue weighted by Gasteiger charge is 2.44. The number of carbonyl (C=O) groups excluding carboxylic acids is 15. The number of amides is 15. The molecule has 4 heterocycles. The lowest BCUT2D eigenvalue weighted by Crippen LogP contribution is -2.61. The number of aromatic hydroxyl groups is 4. The van der Waals surface area contributed by atoms with Crippen LogP contribution in [0.25, 0.3) is 10.9 Å². The predicted octanol–water partition coefficient (Wildman–Crippen LogP) is 0.170. The maximum atomic E-state index is 15.4.